The summed E-state index contributed by atoms with van der Waals surface area (Å²) in [7, 11) is -4.74. The van der Waals surface area contributed by atoms with Crippen LogP contribution in [0.1, 0.15) is 31.8 Å². The number of benzene rings is 1. The zero-order chi connectivity index (χ0) is 14.2. The Kier molecular flexibility index (Phi) is 5.72. The summed E-state index contributed by atoms with van der Waals surface area (Å²) in [4.78, 5) is 21.1. The van der Waals surface area contributed by atoms with E-state index < -0.39 is 38.1 Å². The van der Waals surface area contributed by atoms with Crippen molar-refractivity contribution in [2.24, 2.45) is 0 Å². The predicted molar refractivity (Wildman–Crippen MR) is 58.5 cm³/mol. The number of rotatable bonds is 3. The van der Waals surface area contributed by atoms with E-state index in [0.29, 0.717) is 0 Å². The molecule has 0 aliphatic rings. The molecule has 0 atom stereocenters. The number of hydrogen-bond donors (Lipinski definition) is 3. The summed E-state index contributed by atoms with van der Waals surface area (Å²) in [5, 5.41) is 17.8. The van der Waals surface area contributed by atoms with Crippen molar-refractivity contribution in [1.29, 1.82) is 0 Å². The molecule has 0 fully saturated rings. The molecular weight excluding hydrogens is 287 g/mol. The molecule has 0 heterocycles. The molecule has 0 bridgehead atoms. The third kappa shape index (κ3) is 3.54. The maximum Gasteiger partial charge on any atom is 1.00 e. The molecule has 19 heavy (non-hydrogen) atoms. The van der Waals surface area contributed by atoms with Crippen molar-refractivity contribution in [1.82, 2.24) is 0 Å². The Bertz CT molecular complexity index is 648. The van der Waals surface area contributed by atoms with Crippen LogP contribution in [-0.2, 0) is 10.1 Å². The molecule has 0 aliphatic carbocycles. The van der Waals surface area contributed by atoms with Crippen LogP contribution in [0, 0.1) is 19.9 Å². The van der Waals surface area contributed by atoms with Crippen molar-refractivity contribution in [3.8, 4) is 0 Å². The van der Waals surface area contributed by atoms with E-state index in [0.717, 1.165) is 6.92 Å². The first-order valence-electron chi connectivity index (χ1n) is 4.58. The van der Waals surface area contributed by atoms with Crippen LogP contribution in [0.2, 0.25) is 0 Å². The molecule has 0 aromatic heterocycles. The predicted octanol–water partition coefficient (Wildman–Crippen LogP) is -2.25. The number of carboxylic acid groups (broad SMARTS) is 2. The Morgan fingerprint density at radius 2 is 1.53 bits per heavy atom. The van der Waals surface area contributed by atoms with Gasteiger partial charge in [-0.3, -0.25) is 4.55 Å². The molecule has 0 unspecified atom stereocenters. The minimum absolute atomic E-state index is 0. The first kappa shape index (κ1) is 18.1. The van der Waals surface area contributed by atoms with Gasteiger partial charge in [-0.15, -0.1) is 11.6 Å². The van der Waals surface area contributed by atoms with Crippen LogP contribution < -0.4 is 29.6 Å². The summed E-state index contributed by atoms with van der Waals surface area (Å²) in [6.07, 6.45) is 0. The van der Waals surface area contributed by atoms with E-state index in [-0.39, 0.29) is 40.7 Å². The van der Waals surface area contributed by atoms with Gasteiger partial charge in [0.15, 0.2) is 0 Å². The average molecular weight is 296 g/mol. The van der Waals surface area contributed by atoms with Crippen molar-refractivity contribution in [2.75, 3.05) is 0 Å². The van der Waals surface area contributed by atoms with Crippen LogP contribution in [0.3, 0.4) is 0 Å². The summed E-state index contributed by atoms with van der Waals surface area (Å²) in [6, 6.07) is 2.01. The van der Waals surface area contributed by atoms with Crippen molar-refractivity contribution >= 4 is 22.1 Å². The van der Waals surface area contributed by atoms with E-state index in [9.17, 15) is 18.0 Å². The topological polar surface area (TPSA) is 129 Å². The van der Waals surface area contributed by atoms with Crippen LogP contribution in [0.15, 0.2) is 4.90 Å². The molecule has 0 saturated carbocycles. The van der Waals surface area contributed by atoms with Gasteiger partial charge in [-0.25, -0.2) is 4.79 Å². The van der Waals surface area contributed by atoms with Crippen molar-refractivity contribution in [3.63, 3.8) is 0 Å². The van der Waals surface area contributed by atoms with Crippen LogP contribution in [0.5, 0.6) is 0 Å². The van der Waals surface area contributed by atoms with Crippen LogP contribution >= 0.6 is 0 Å². The van der Waals surface area contributed by atoms with Crippen molar-refractivity contribution in [3.05, 3.63) is 28.3 Å². The van der Waals surface area contributed by atoms with Crippen LogP contribution in [-0.4, -0.2) is 35.1 Å². The summed E-state index contributed by atoms with van der Waals surface area (Å²) >= 11 is 0. The fourth-order valence-electron chi connectivity index (χ4n) is 1.61. The molecule has 9 heteroatoms. The Morgan fingerprint density at radius 1 is 1.05 bits per heavy atom. The zero-order valence-corrected chi connectivity index (χ0v) is 13.2. The fourth-order valence-corrected chi connectivity index (χ4v) is 2.33. The van der Waals surface area contributed by atoms with Gasteiger partial charge in [0.2, 0.25) is 5.97 Å². The van der Waals surface area contributed by atoms with Crippen LogP contribution in [0.4, 0.5) is 0 Å². The van der Waals surface area contributed by atoms with Crippen molar-refractivity contribution in [2.45, 2.75) is 18.7 Å². The van der Waals surface area contributed by atoms with E-state index >= 15 is 0 Å². The Morgan fingerprint density at radius 3 is 1.84 bits per heavy atom. The molecule has 3 N–H and O–H groups in total. The van der Waals surface area contributed by atoms with Gasteiger partial charge in [-0.2, -0.15) is 8.42 Å². The van der Waals surface area contributed by atoms with E-state index in [4.69, 9.17) is 14.8 Å². The summed E-state index contributed by atoms with van der Waals surface area (Å²) in [5.74, 6) is -3.01. The number of carbonyl (C=O) groups is 2. The molecule has 0 aliphatic heterocycles. The maximum absolute atomic E-state index is 11.1. The summed E-state index contributed by atoms with van der Waals surface area (Å²) in [6.45, 7) is 2.38. The Labute approximate surface area is 131 Å². The molecule has 0 radical (unpaired) electrons. The smallest absolute Gasteiger partial charge is 0.521 e. The van der Waals surface area contributed by atoms with Gasteiger partial charge in [0.25, 0.3) is 10.1 Å². The van der Waals surface area contributed by atoms with Gasteiger partial charge in [0.05, 0.1) is 0 Å². The molecule has 0 amide bonds. The largest absolute Gasteiger partial charge is 1.00 e. The third-order valence-electron chi connectivity index (χ3n) is 2.39. The van der Waals surface area contributed by atoms with E-state index in [1.807, 2.05) is 6.07 Å². The zero-order valence-electron chi connectivity index (χ0n) is 10.4. The van der Waals surface area contributed by atoms with Gasteiger partial charge in [0, 0.05) is 4.90 Å². The van der Waals surface area contributed by atoms with E-state index in [1.165, 1.54) is 6.92 Å². The standard InChI is InChI=1S/C10H9O7S.Na/c1-4-6(9(11)12)3-7(18(15,16)17)5(2)8(4)10(13)14;/h1-2H3,(H,11,12)(H,13,14)(H,15,16,17);/q-1;+1. The second-order valence-corrected chi connectivity index (χ2v) is 4.90. The molecule has 1 aromatic rings. The van der Waals surface area contributed by atoms with Crippen molar-refractivity contribution < 1.29 is 62.3 Å². The normalized spacial score (nSPS) is 10.7. The first-order valence-corrected chi connectivity index (χ1v) is 6.02. The van der Waals surface area contributed by atoms with Gasteiger partial charge >= 0.3 is 35.5 Å². The SMILES string of the molecule is Cc1c(C(=O)O)[c-]c(S(=O)(=O)O)c(C)c1C(=O)O.[Na+]. The fraction of sp³-hybridized carbons (Fsp3) is 0.200. The van der Waals surface area contributed by atoms with Crippen LogP contribution in [0.25, 0.3) is 0 Å². The molecule has 0 spiro atoms. The molecule has 0 saturated heterocycles. The summed E-state index contributed by atoms with van der Waals surface area (Å²) < 4.78 is 31.0. The first-order chi connectivity index (χ1) is 8.07. The second kappa shape index (κ2) is 6.02. The van der Waals surface area contributed by atoms with Gasteiger partial charge in [0.1, 0.15) is 0 Å². The average Bonchev–Trinajstić information content (AvgIpc) is 2.13. The van der Waals surface area contributed by atoms with E-state index in [2.05, 4.69) is 0 Å². The molecule has 1 rings (SSSR count). The monoisotopic (exact) mass is 296 g/mol. The number of aromatic carboxylic acids is 2. The quantitative estimate of drug-likeness (QED) is 0.326. The minimum atomic E-state index is -4.74. The molecule has 1 aromatic carbocycles. The molecule has 98 valence electrons. The van der Waals surface area contributed by atoms with Gasteiger partial charge in [-0.1, -0.05) is 25.0 Å². The number of carboxylic acids is 2. The summed E-state index contributed by atoms with van der Waals surface area (Å²) in [5.41, 5.74) is -1.46. The van der Waals surface area contributed by atoms with E-state index in [1.54, 1.807) is 0 Å². The van der Waals surface area contributed by atoms with Gasteiger partial charge < -0.3 is 15.0 Å². The minimum Gasteiger partial charge on any atom is -0.521 e. The number of hydrogen-bond acceptors (Lipinski definition) is 4. The second-order valence-electron chi connectivity index (χ2n) is 3.54. The maximum atomic E-state index is 11.1. The third-order valence-corrected chi connectivity index (χ3v) is 3.31. The van der Waals surface area contributed by atoms with Gasteiger partial charge in [-0.05, 0) is 5.56 Å². The Hall–Kier alpha value is -0.930. The Balaban J connectivity index is 0.00000324. The molecule has 7 nitrogen and oxygen atoms in total. The molecular formula is C10H9NaO7S.